The lowest BCUT2D eigenvalue weighted by molar-refractivity contribution is 0.0912. The molecule has 3 heterocycles. The number of amides is 1. The second kappa shape index (κ2) is 8.71. The fourth-order valence-electron chi connectivity index (χ4n) is 4.37. The number of aryl methyl sites for hydroxylation is 1. The molecule has 2 fully saturated rings. The van der Waals surface area contributed by atoms with Crippen molar-refractivity contribution in [1.29, 1.82) is 0 Å². The van der Waals surface area contributed by atoms with Crippen LogP contribution in [0.2, 0.25) is 0 Å². The number of carbonyl (C=O) groups excluding carboxylic acids is 1. The number of nitrogens with one attached hydrogen (secondary N) is 2. The van der Waals surface area contributed by atoms with E-state index < -0.39 is 11.2 Å². The first-order valence-corrected chi connectivity index (χ1v) is 11.2. The molecule has 0 radical (unpaired) electrons. The Labute approximate surface area is 175 Å². The minimum Gasteiger partial charge on any atom is -0.349 e. The van der Waals surface area contributed by atoms with Gasteiger partial charge in [-0.15, -0.1) is 0 Å². The Hall–Kier alpha value is -2.48. The zero-order valence-electron chi connectivity index (χ0n) is 17.9. The molecule has 0 atom stereocenters. The zero-order valence-corrected chi connectivity index (χ0v) is 17.9. The number of hydrogen-bond acceptors (Lipinski definition) is 5. The molecule has 1 amide bonds. The van der Waals surface area contributed by atoms with Gasteiger partial charge >= 0.3 is 5.69 Å². The molecule has 2 N–H and O–H groups in total. The lowest BCUT2D eigenvalue weighted by atomic mass is 10.0. The summed E-state index contributed by atoms with van der Waals surface area (Å²) in [5.41, 5.74) is 0.465. The molecule has 8 heteroatoms. The highest BCUT2D eigenvalue weighted by molar-refractivity contribution is 6.05. The Morgan fingerprint density at radius 3 is 2.47 bits per heavy atom. The van der Waals surface area contributed by atoms with Gasteiger partial charge in [0.25, 0.3) is 11.5 Å². The number of pyridine rings is 1. The summed E-state index contributed by atoms with van der Waals surface area (Å²) in [6, 6.07) is 1.86. The molecule has 0 aromatic carbocycles. The smallest absolute Gasteiger partial charge is 0.329 e. The van der Waals surface area contributed by atoms with Crippen molar-refractivity contribution in [2.24, 2.45) is 0 Å². The molecule has 30 heavy (non-hydrogen) atoms. The van der Waals surface area contributed by atoms with Gasteiger partial charge in [-0.25, -0.2) is 9.78 Å². The predicted octanol–water partition coefficient (Wildman–Crippen LogP) is 1.98. The average molecular weight is 414 g/mol. The van der Waals surface area contributed by atoms with Gasteiger partial charge in [0.1, 0.15) is 0 Å². The Morgan fingerprint density at radius 2 is 1.83 bits per heavy atom. The van der Waals surface area contributed by atoms with Crippen molar-refractivity contribution in [1.82, 2.24) is 24.8 Å². The number of aromatic nitrogens is 3. The number of aromatic amines is 1. The summed E-state index contributed by atoms with van der Waals surface area (Å²) in [4.78, 5) is 47.8. The Balaban J connectivity index is 1.69. The minimum atomic E-state index is -0.542. The molecular formula is C22H31N5O3. The summed E-state index contributed by atoms with van der Waals surface area (Å²) >= 11 is 0. The Morgan fingerprint density at radius 1 is 1.13 bits per heavy atom. The molecule has 2 aromatic heterocycles. The minimum absolute atomic E-state index is 0.0961. The average Bonchev–Trinajstić information content (AvgIpc) is 3.57. The lowest BCUT2D eigenvalue weighted by Gasteiger charge is -2.32. The van der Waals surface area contributed by atoms with Gasteiger partial charge in [0, 0.05) is 37.3 Å². The van der Waals surface area contributed by atoms with Crippen molar-refractivity contribution >= 4 is 16.9 Å². The summed E-state index contributed by atoms with van der Waals surface area (Å²) < 4.78 is 1.49. The van der Waals surface area contributed by atoms with E-state index in [4.69, 9.17) is 0 Å². The van der Waals surface area contributed by atoms with E-state index in [1.165, 1.54) is 4.57 Å². The van der Waals surface area contributed by atoms with Crippen LogP contribution in [0.5, 0.6) is 0 Å². The van der Waals surface area contributed by atoms with Crippen molar-refractivity contribution in [3.8, 4) is 0 Å². The number of fused-ring (bicyclic) bond motifs is 1. The van der Waals surface area contributed by atoms with E-state index in [0.717, 1.165) is 63.9 Å². The summed E-state index contributed by atoms with van der Waals surface area (Å²) in [6.45, 7) is 7.62. The van der Waals surface area contributed by atoms with Crippen molar-refractivity contribution in [3.63, 3.8) is 0 Å². The molecular weight excluding hydrogens is 382 g/mol. The van der Waals surface area contributed by atoms with Gasteiger partial charge < -0.3 is 10.2 Å². The second-order valence-corrected chi connectivity index (χ2v) is 8.57. The summed E-state index contributed by atoms with van der Waals surface area (Å²) in [7, 11) is 0. The van der Waals surface area contributed by atoms with Crippen LogP contribution in [0.3, 0.4) is 0 Å². The fourth-order valence-corrected chi connectivity index (χ4v) is 4.37. The van der Waals surface area contributed by atoms with Gasteiger partial charge in [-0.3, -0.25) is 19.1 Å². The fraction of sp³-hybridized carbons (Fsp3) is 0.636. The van der Waals surface area contributed by atoms with Crippen molar-refractivity contribution in [2.45, 2.75) is 70.9 Å². The number of likely N-dealkylation sites (tertiary alicyclic amines) is 1. The van der Waals surface area contributed by atoms with Gasteiger partial charge in [-0.1, -0.05) is 13.8 Å². The van der Waals surface area contributed by atoms with Crippen LogP contribution in [0.1, 0.15) is 74.3 Å². The Bertz CT molecular complexity index is 1050. The molecule has 162 valence electrons. The van der Waals surface area contributed by atoms with Crippen LogP contribution in [0, 0.1) is 0 Å². The van der Waals surface area contributed by atoms with E-state index in [1.807, 2.05) is 6.92 Å². The molecule has 1 aliphatic heterocycles. The molecule has 4 rings (SSSR count). The third-order valence-corrected chi connectivity index (χ3v) is 6.12. The first-order valence-electron chi connectivity index (χ1n) is 11.2. The number of H-pyrrole nitrogens is 1. The van der Waals surface area contributed by atoms with Gasteiger partial charge in [0.15, 0.2) is 5.65 Å². The summed E-state index contributed by atoms with van der Waals surface area (Å²) in [5.74, 6) is 0.0631. The van der Waals surface area contributed by atoms with Gasteiger partial charge in [0.2, 0.25) is 0 Å². The van der Waals surface area contributed by atoms with E-state index in [9.17, 15) is 14.4 Å². The quantitative estimate of drug-likeness (QED) is 0.723. The number of nitrogens with zero attached hydrogens (tertiary/aromatic N) is 3. The van der Waals surface area contributed by atoms with E-state index >= 15 is 0 Å². The van der Waals surface area contributed by atoms with Crippen molar-refractivity contribution in [2.75, 3.05) is 19.6 Å². The van der Waals surface area contributed by atoms with Crippen LogP contribution >= 0.6 is 0 Å². The number of hydrogen-bond donors (Lipinski definition) is 2. The maximum Gasteiger partial charge on any atom is 0.329 e. The maximum absolute atomic E-state index is 13.2. The van der Waals surface area contributed by atoms with E-state index in [-0.39, 0.29) is 17.3 Å². The van der Waals surface area contributed by atoms with Crippen LogP contribution in [0.15, 0.2) is 15.7 Å². The zero-order chi connectivity index (χ0) is 21.3. The number of carbonyl (C=O) groups is 1. The van der Waals surface area contributed by atoms with Crippen LogP contribution in [0.4, 0.5) is 0 Å². The number of piperidine rings is 1. The molecule has 0 unspecified atom stereocenters. The standard InChI is InChI=1S/C22H31N5O3/c1-3-9-26-11-7-15(8-12-26)23-20(28)16-13-17(14-5-6-14)24-19-18(16)21(29)25-22(30)27(19)10-4-2/h13-15H,3-12H2,1-2H3,(H,23,28)(H,25,29,30). The van der Waals surface area contributed by atoms with E-state index in [2.05, 4.69) is 27.1 Å². The largest absolute Gasteiger partial charge is 0.349 e. The van der Waals surface area contributed by atoms with Crippen LogP contribution in [-0.4, -0.2) is 51.0 Å². The highest BCUT2D eigenvalue weighted by Gasteiger charge is 2.29. The molecule has 2 aromatic rings. The summed E-state index contributed by atoms with van der Waals surface area (Å²) in [5, 5.41) is 3.35. The molecule has 1 aliphatic carbocycles. The summed E-state index contributed by atoms with van der Waals surface area (Å²) in [6.07, 6.45) is 5.72. The molecule has 1 saturated carbocycles. The van der Waals surface area contributed by atoms with Crippen molar-refractivity contribution in [3.05, 3.63) is 38.2 Å². The molecule has 0 spiro atoms. The first-order chi connectivity index (χ1) is 14.5. The molecule has 0 bridgehead atoms. The van der Waals surface area contributed by atoms with Gasteiger partial charge in [0.05, 0.1) is 10.9 Å². The maximum atomic E-state index is 13.2. The third kappa shape index (κ3) is 4.19. The second-order valence-electron chi connectivity index (χ2n) is 8.57. The van der Waals surface area contributed by atoms with Gasteiger partial charge in [-0.05, 0) is 51.1 Å². The van der Waals surface area contributed by atoms with Crippen LogP contribution in [-0.2, 0) is 6.54 Å². The lowest BCUT2D eigenvalue weighted by Crippen LogP contribution is -2.45. The Kier molecular flexibility index (Phi) is 6.04. The molecule has 2 aliphatic rings. The first kappa shape index (κ1) is 20.8. The van der Waals surface area contributed by atoms with E-state index in [1.54, 1.807) is 6.07 Å². The van der Waals surface area contributed by atoms with Gasteiger partial charge in [-0.2, -0.15) is 0 Å². The third-order valence-electron chi connectivity index (χ3n) is 6.12. The highest BCUT2D eigenvalue weighted by atomic mass is 16.2. The highest BCUT2D eigenvalue weighted by Crippen LogP contribution is 2.39. The van der Waals surface area contributed by atoms with E-state index in [0.29, 0.717) is 23.7 Å². The predicted molar refractivity (Wildman–Crippen MR) is 116 cm³/mol. The van der Waals surface area contributed by atoms with Crippen LogP contribution < -0.4 is 16.6 Å². The topological polar surface area (TPSA) is 100 Å². The SMILES string of the molecule is CCCN1CCC(NC(=O)c2cc(C3CC3)nc3c2c(=O)[nH]c(=O)n3CCC)CC1. The van der Waals surface area contributed by atoms with Crippen LogP contribution in [0.25, 0.3) is 11.0 Å². The van der Waals surface area contributed by atoms with Crippen molar-refractivity contribution < 1.29 is 4.79 Å². The molecule has 1 saturated heterocycles. The normalized spacial score (nSPS) is 18.1. The number of rotatable bonds is 7. The molecule has 8 nitrogen and oxygen atoms in total. The monoisotopic (exact) mass is 413 g/mol.